The fourth-order valence-corrected chi connectivity index (χ4v) is 3.80. The molecule has 148 valence electrons. The molecule has 0 aliphatic rings. The number of rotatable bonds is 9. The predicted molar refractivity (Wildman–Crippen MR) is 114 cm³/mol. The molecule has 1 aromatic heterocycles. The molecule has 0 fully saturated rings. The molecule has 0 saturated carbocycles. The molecule has 0 spiro atoms. The molecule has 0 aliphatic heterocycles. The normalized spacial score (nSPS) is 10.8. The van der Waals surface area contributed by atoms with Gasteiger partial charge in [-0.3, -0.25) is 4.79 Å². The molecule has 7 heteroatoms. The summed E-state index contributed by atoms with van der Waals surface area (Å²) in [6.45, 7) is 7.81. The first-order valence-electron chi connectivity index (χ1n) is 9.43. The van der Waals surface area contributed by atoms with E-state index >= 15 is 0 Å². The number of hydrogen-bond acceptors (Lipinski definition) is 5. The molecule has 2 aromatic carbocycles. The molecular weight excluding hydrogens is 374 g/mol. The summed E-state index contributed by atoms with van der Waals surface area (Å²) in [7, 11) is 0. The predicted octanol–water partition coefficient (Wildman–Crippen LogP) is 4.58. The summed E-state index contributed by atoms with van der Waals surface area (Å²) < 4.78 is 13.3. The summed E-state index contributed by atoms with van der Waals surface area (Å²) in [6.07, 6.45) is 0. The number of aromatic nitrogens is 2. The van der Waals surface area contributed by atoms with Crippen LogP contribution in [-0.2, 0) is 11.3 Å². The first kappa shape index (κ1) is 20.1. The number of anilines is 1. The van der Waals surface area contributed by atoms with Gasteiger partial charge < -0.3 is 19.4 Å². The molecule has 3 aromatic rings. The van der Waals surface area contributed by atoms with E-state index in [1.807, 2.05) is 50.2 Å². The van der Waals surface area contributed by atoms with E-state index < -0.39 is 0 Å². The van der Waals surface area contributed by atoms with Gasteiger partial charge in [0.05, 0.1) is 30.0 Å². The highest BCUT2D eigenvalue weighted by Gasteiger charge is 2.13. The molecule has 28 heavy (non-hydrogen) atoms. The second-order valence-corrected chi connectivity index (χ2v) is 6.93. The Morgan fingerprint density at radius 1 is 1.07 bits per heavy atom. The SMILES string of the molecule is CCOc1ccc(NC(=O)CSc2nc3ccccc3n2CC)cc1OCC. The van der Waals surface area contributed by atoms with Gasteiger partial charge >= 0.3 is 0 Å². The van der Waals surface area contributed by atoms with Crippen LogP contribution in [0, 0.1) is 0 Å². The largest absolute Gasteiger partial charge is 0.490 e. The molecule has 0 saturated heterocycles. The lowest BCUT2D eigenvalue weighted by atomic mass is 10.2. The molecule has 1 N–H and O–H groups in total. The first-order valence-corrected chi connectivity index (χ1v) is 10.4. The van der Waals surface area contributed by atoms with Gasteiger partial charge in [-0.1, -0.05) is 23.9 Å². The monoisotopic (exact) mass is 399 g/mol. The smallest absolute Gasteiger partial charge is 0.234 e. The lowest BCUT2D eigenvalue weighted by Gasteiger charge is -2.13. The lowest BCUT2D eigenvalue weighted by Crippen LogP contribution is -2.14. The average molecular weight is 400 g/mol. The van der Waals surface area contributed by atoms with E-state index in [9.17, 15) is 4.79 Å². The Labute approximate surface area is 169 Å². The Morgan fingerprint density at radius 2 is 1.82 bits per heavy atom. The maximum Gasteiger partial charge on any atom is 0.234 e. The fourth-order valence-electron chi connectivity index (χ4n) is 2.93. The third kappa shape index (κ3) is 4.59. The molecule has 1 amide bonds. The number of benzene rings is 2. The van der Waals surface area contributed by atoms with Crippen LogP contribution < -0.4 is 14.8 Å². The van der Waals surface area contributed by atoms with Crippen molar-refractivity contribution in [2.45, 2.75) is 32.5 Å². The van der Waals surface area contributed by atoms with Gasteiger partial charge in [-0.25, -0.2) is 4.98 Å². The van der Waals surface area contributed by atoms with Gasteiger partial charge in [-0.2, -0.15) is 0 Å². The summed E-state index contributed by atoms with van der Waals surface area (Å²) in [6, 6.07) is 13.4. The molecule has 0 unspecified atom stereocenters. The zero-order valence-electron chi connectivity index (χ0n) is 16.4. The van der Waals surface area contributed by atoms with Crippen LogP contribution in [-0.4, -0.2) is 34.4 Å². The number of thioether (sulfide) groups is 1. The van der Waals surface area contributed by atoms with Gasteiger partial charge in [0, 0.05) is 18.3 Å². The topological polar surface area (TPSA) is 65.4 Å². The average Bonchev–Trinajstić information content (AvgIpc) is 3.06. The third-order valence-corrected chi connectivity index (χ3v) is 5.07. The zero-order valence-corrected chi connectivity index (χ0v) is 17.2. The van der Waals surface area contributed by atoms with Crippen molar-refractivity contribution in [1.82, 2.24) is 9.55 Å². The number of hydrogen-bond donors (Lipinski definition) is 1. The van der Waals surface area contributed by atoms with Crippen molar-refractivity contribution < 1.29 is 14.3 Å². The molecule has 6 nitrogen and oxygen atoms in total. The van der Waals surface area contributed by atoms with Gasteiger partial charge in [0.25, 0.3) is 0 Å². The van der Waals surface area contributed by atoms with E-state index in [2.05, 4.69) is 21.8 Å². The molecule has 3 rings (SSSR count). The highest BCUT2D eigenvalue weighted by atomic mass is 32.2. The van der Waals surface area contributed by atoms with Crippen LogP contribution in [0.5, 0.6) is 11.5 Å². The second kappa shape index (κ2) is 9.50. The minimum atomic E-state index is -0.0914. The number of fused-ring (bicyclic) bond motifs is 1. The number of imidazole rings is 1. The van der Waals surface area contributed by atoms with E-state index in [-0.39, 0.29) is 11.7 Å². The number of aryl methyl sites for hydroxylation is 1. The molecule has 0 aliphatic carbocycles. The number of nitrogens with zero attached hydrogens (tertiary/aromatic N) is 2. The first-order chi connectivity index (χ1) is 13.7. The lowest BCUT2D eigenvalue weighted by molar-refractivity contribution is -0.113. The molecule has 0 atom stereocenters. The van der Waals surface area contributed by atoms with Crippen LogP contribution >= 0.6 is 11.8 Å². The Balaban J connectivity index is 1.67. The highest BCUT2D eigenvalue weighted by Crippen LogP contribution is 2.31. The van der Waals surface area contributed by atoms with Crippen LogP contribution in [0.25, 0.3) is 11.0 Å². The number of para-hydroxylation sites is 2. The van der Waals surface area contributed by atoms with E-state index in [1.165, 1.54) is 11.8 Å². The van der Waals surface area contributed by atoms with Crippen LogP contribution in [0.15, 0.2) is 47.6 Å². The van der Waals surface area contributed by atoms with Crippen molar-refractivity contribution in [2.75, 3.05) is 24.3 Å². The number of nitrogens with one attached hydrogen (secondary N) is 1. The second-order valence-electron chi connectivity index (χ2n) is 5.99. The van der Waals surface area contributed by atoms with E-state index in [1.54, 1.807) is 6.07 Å². The van der Waals surface area contributed by atoms with Crippen molar-refractivity contribution in [2.24, 2.45) is 0 Å². The quantitative estimate of drug-likeness (QED) is 0.533. The molecule has 0 bridgehead atoms. The number of ether oxygens (including phenoxy) is 2. The highest BCUT2D eigenvalue weighted by molar-refractivity contribution is 7.99. The maximum absolute atomic E-state index is 12.4. The van der Waals surface area contributed by atoms with Gasteiger partial charge in [0.2, 0.25) is 5.91 Å². The van der Waals surface area contributed by atoms with E-state index in [0.717, 1.165) is 22.7 Å². The summed E-state index contributed by atoms with van der Waals surface area (Å²) in [5.41, 5.74) is 2.71. The minimum absolute atomic E-state index is 0.0914. The van der Waals surface area contributed by atoms with Crippen molar-refractivity contribution in [3.8, 4) is 11.5 Å². The molecular formula is C21H25N3O3S. The molecule has 1 heterocycles. The summed E-state index contributed by atoms with van der Waals surface area (Å²) >= 11 is 1.43. The van der Waals surface area contributed by atoms with Crippen molar-refractivity contribution in [3.05, 3.63) is 42.5 Å². The van der Waals surface area contributed by atoms with E-state index in [4.69, 9.17) is 9.47 Å². The van der Waals surface area contributed by atoms with Gasteiger partial charge in [-0.15, -0.1) is 0 Å². The standard InChI is InChI=1S/C21H25N3O3S/c1-4-24-17-10-8-7-9-16(17)23-21(24)28-14-20(25)22-15-11-12-18(26-5-2)19(13-15)27-6-3/h7-13H,4-6,14H2,1-3H3,(H,22,25). The number of carbonyl (C=O) groups excluding carboxylic acids is 1. The van der Waals surface area contributed by atoms with Gasteiger partial charge in [0.15, 0.2) is 16.7 Å². The Kier molecular flexibility index (Phi) is 6.81. The summed E-state index contributed by atoms with van der Waals surface area (Å²) in [5, 5.41) is 3.77. The van der Waals surface area contributed by atoms with Gasteiger partial charge in [0.1, 0.15) is 0 Å². The van der Waals surface area contributed by atoms with Crippen molar-refractivity contribution >= 4 is 34.4 Å². The summed E-state index contributed by atoms with van der Waals surface area (Å²) in [5.74, 6) is 1.49. The van der Waals surface area contributed by atoms with Crippen molar-refractivity contribution in [3.63, 3.8) is 0 Å². The van der Waals surface area contributed by atoms with E-state index in [0.29, 0.717) is 30.4 Å². The van der Waals surface area contributed by atoms with Crippen LogP contribution in [0.3, 0.4) is 0 Å². The third-order valence-electron chi connectivity index (χ3n) is 4.10. The maximum atomic E-state index is 12.4. The zero-order chi connectivity index (χ0) is 19.9. The van der Waals surface area contributed by atoms with Gasteiger partial charge in [-0.05, 0) is 45.0 Å². The Hall–Kier alpha value is -2.67. The number of amides is 1. The summed E-state index contributed by atoms with van der Waals surface area (Å²) in [4.78, 5) is 17.1. The Bertz CT molecular complexity index is 955. The molecule has 0 radical (unpaired) electrons. The van der Waals surface area contributed by atoms with Crippen molar-refractivity contribution in [1.29, 1.82) is 0 Å². The number of carbonyl (C=O) groups is 1. The minimum Gasteiger partial charge on any atom is -0.490 e. The Morgan fingerprint density at radius 3 is 2.57 bits per heavy atom. The fraction of sp³-hybridized carbons (Fsp3) is 0.333. The van der Waals surface area contributed by atoms with Crippen LogP contribution in [0.4, 0.5) is 5.69 Å². The van der Waals surface area contributed by atoms with Crippen LogP contribution in [0.1, 0.15) is 20.8 Å². The van der Waals surface area contributed by atoms with Crippen LogP contribution in [0.2, 0.25) is 0 Å².